The molecule has 1 aromatic carbocycles. The number of hydrogen-bond acceptors (Lipinski definition) is 5. The summed E-state index contributed by atoms with van der Waals surface area (Å²) in [6.45, 7) is 1.85. The molecule has 1 unspecified atom stereocenters. The van der Waals surface area contributed by atoms with Crippen molar-refractivity contribution in [1.82, 2.24) is 4.72 Å². The van der Waals surface area contributed by atoms with Crippen molar-refractivity contribution in [2.24, 2.45) is 5.73 Å². The Labute approximate surface area is 106 Å². The topological polar surface area (TPSA) is 98.5 Å². The van der Waals surface area contributed by atoms with Crippen molar-refractivity contribution in [2.75, 3.05) is 13.7 Å². The lowest BCUT2D eigenvalue weighted by Crippen LogP contribution is -2.35. The van der Waals surface area contributed by atoms with Crippen molar-refractivity contribution in [3.8, 4) is 0 Å². The molecule has 6 nitrogen and oxygen atoms in total. The second kappa shape index (κ2) is 5.94. The highest BCUT2D eigenvalue weighted by molar-refractivity contribution is 7.89. The van der Waals surface area contributed by atoms with Crippen LogP contribution in [0.25, 0.3) is 0 Å². The van der Waals surface area contributed by atoms with Crippen molar-refractivity contribution < 1.29 is 17.9 Å². The van der Waals surface area contributed by atoms with Crippen molar-refractivity contribution in [2.45, 2.75) is 17.9 Å². The molecule has 0 aliphatic carbocycles. The molecule has 0 spiro atoms. The lowest BCUT2D eigenvalue weighted by atomic mass is 10.2. The second-order valence-corrected chi connectivity index (χ2v) is 5.61. The molecule has 0 aliphatic rings. The SMILES string of the molecule is COC(=O)c1ccc(S(=O)(=O)NCC(C)N)cc1. The van der Waals surface area contributed by atoms with E-state index in [1.165, 1.54) is 31.4 Å². The molecular weight excluding hydrogens is 256 g/mol. The van der Waals surface area contributed by atoms with Crippen LogP contribution in [-0.2, 0) is 14.8 Å². The fourth-order valence-electron chi connectivity index (χ4n) is 1.21. The molecule has 1 atom stereocenters. The molecule has 18 heavy (non-hydrogen) atoms. The van der Waals surface area contributed by atoms with Gasteiger partial charge in [0, 0.05) is 12.6 Å². The number of carbonyl (C=O) groups excluding carboxylic acids is 1. The predicted octanol–water partition coefficient (Wildman–Crippen LogP) is 0.0987. The number of esters is 1. The summed E-state index contributed by atoms with van der Waals surface area (Å²) in [4.78, 5) is 11.3. The number of sulfonamides is 1. The molecule has 1 aromatic rings. The molecule has 0 bridgehead atoms. The van der Waals surface area contributed by atoms with Gasteiger partial charge in [-0.2, -0.15) is 0 Å². The van der Waals surface area contributed by atoms with E-state index in [9.17, 15) is 13.2 Å². The Morgan fingerprint density at radius 2 is 1.94 bits per heavy atom. The van der Waals surface area contributed by atoms with Crippen LogP contribution in [0.2, 0.25) is 0 Å². The lowest BCUT2D eigenvalue weighted by molar-refractivity contribution is 0.0600. The van der Waals surface area contributed by atoms with Crippen LogP contribution in [0.4, 0.5) is 0 Å². The van der Waals surface area contributed by atoms with Gasteiger partial charge in [-0.05, 0) is 31.2 Å². The summed E-state index contributed by atoms with van der Waals surface area (Å²) in [5, 5.41) is 0. The number of hydrogen-bond donors (Lipinski definition) is 2. The summed E-state index contributed by atoms with van der Waals surface area (Å²) >= 11 is 0. The van der Waals surface area contributed by atoms with Crippen LogP contribution < -0.4 is 10.5 Å². The number of methoxy groups -OCH3 is 1. The molecule has 7 heteroatoms. The van der Waals surface area contributed by atoms with E-state index in [1.807, 2.05) is 0 Å². The zero-order valence-corrected chi connectivity index (χ0v) is 11.0. The van der Waals surface area contributed by atoms with Crippen LogP contribution in [0, 0.1) is 0 Å². The summed E-state index contributed by atoms with van der Waals surface area (Å²) in [7, 11) is -2.33. The molecule has 3 N–H and O–H groups in total. The van der Waals surface area contributed by atoms with E-state index in [4.69, 9.17) is 5.73 Å². The fourth-order valence-corrected chi connectivity index (χ4v) is 2.36. The van der Waals surface area contributed by atoms with E-state index in [1.54, 1.807) is 6.92 Å². The van der Waals surface area contributed by atoms with Crippen molar-refractivity contribution in [3.63, 3.8) is 0 Å². The summed E-state index contributed by atoms with van der Waals surface area (Å²) in [6, 6.07) is 5.21. The Morgan fingerprint density at radius 3 is 2.39 bits per heavy atom. The Hall–Kier alpha value is -1.44. The van der Waals surface area contributed by atoms with Crippen LogP contribution >= 0.6 is 0 Å². The van der Waals surface area contributed by atoms with Crippen LogP contribution in [0.1, 0.15) is 17.3 Å². The van der Waals surface area contributed by atoms with Crippen LogP contribution in [-0.4, -0.2) is 34.1 Å². The highest BCUT2D eigenvalue weighted by Gasteiger charge is 2.15. The zero-order chi connectivity index (χ0) is 13.8. The molecule has 0 saturated carbocycles. The highest BCUT2D eigenvalue weighted by atomic mass is 32.2. The van der Waals surface area contributed by atoms with E-state index >= 15 is 0 Å². The van der Waals surface area contributed by atoms with Gasteiger partial charge >= 0.3 is 5.97 Å². The van der Waals surface area contributed by atoms with Gasteiger partial charge in [0.2, 0.25) is 10.0 Å². The first-order chi connectivity index (χ1) is 8.36. The number of benzene rings is 1. The van der Waals surface area contributed by atoms with Gasteiger partial charge in [-0.15, -0.1) is 0 Å². The average molecular weight is 272 g/mol. The minimum Gasteiger partial charge on any atom is -0.465 e. The van der Waals surface area contributed by atoms with E-state index in [0.29, 0.717) is 5.56 Å². The standard InChI is InChI=1S/C11H16N2O4S/c1-8(12)7-13-18(15,16)10-5-3-9(4-6-10)11(14)17-2/h3-6,8,13H,7,12H2,1-2H3. The van der Waals surface area contributed by atoms with Crippen molar-refractivity contribution in [3.05, 3.63) is 29.8 Å². The second-order valence-electron chi connectivity index (χ2n) is 3.85. The largest absolute Gasteiger partial charge is 0.465 e. The van der Waals surface area contributed by atoms with Gasteiger partial charge in [-0.25, -0.2) is 17.9 Å². The van der Waals surface area contributed by atoms with Crippen LogP contribution in [0.5, 0.6) is 0 Å². The summed E-state index contributed by atoms with van der Waals surface area (Å²) < 4.78 is 30.5. The fraction of sp³-hybridized carbons (Fsp3) is 0.364. The first kappa shape index (κ1) is 14.6. The van der Waals surface area contributed by atoms with E-state index in [2.05, 4.69) is 9.46 Å². The Balaban J connectivity index is 2.87. The monoisotopic (exact) mass is 272 g/mol. The van der Waals surface area contributed by atoms with E-state index in [-0.39, 0.29) is 17.5 Å². The molecular formula is C11H16N2O4S. The highest BCUT2D eigenvalue weighted by Crippen LogP contribution is 2.11. The molecule has 0 amide bonds. The predicted molar refractivity (Wildman–Crippen MR) is 66.6 cm³/mol. The third-order valence-corrected chi connectivity index (χ3v) is 3.62. The maximum atomic E-state index is 11.8. The van der Waals surface area contributed by atoms with Gasteiger partial charge in [0.15, 0.2) is 0 Å². The Bertz CT molecular complexity index is 508. The molecule has 1 rings (SSSR count). The molecule has 0 aromatic heterocycles. The smallest absolute Gasteiger partial charge is 0.337 e. The molecule has 0 fully saturated rings. The first-order valence-corrected chi connectivity index (χ1v) is 6.79. The summed E-state index contributed by atoms with van der Waals surface area (Å²) in [5.74, 6) is -0.512. The third-order valence-electron chi connectivity index (χ3n) is 2.18. The Morgan fingerprint density at radius 1 is 1.39 bits per heavy atom. The summed E-state index contributed by atoms with van der Waals surface area (Å²) in [6.07, 6.45) is 0. The van der Waals surface area contributed by atoms with Gasteiger partial charge in [-0.1, -0.05) is 0 Å². The molecule has 100 valence electrons. The zero-order valence-electron chi connectivity index (χ0n) is 10.2. The maximum absolute atomic E-state index is 11.8. The van der Waals surface area contributed by atoms with E-state index in [0.717, 1.165) is 0 Å². The lowest BCUT2D eigenvalue weighted by Gasteiger charge is -2.09. The van der Waals surface area contributed by atoms with Crippen LogP contribution in [0.3, 0.4) is 0 Å². The molecule has 0 heterocycles. The van der Waals surface area contributed by atoms with Gasteiger partial charge in [0.25, 0.3) is 0 Å². The minimum absolute atomic E-state index is 0.0794. The average Bonchev–Trinajstić information content (AvgIpc) is 2.36. The number of rotatable bonds is 5. The minimum atomic E-state index is -3.59. The molecule has 0 saturated heterocycles. The number of ether oxygens (including phenoxy) is 1. The van der Waals surface area contributed by atoms with Gasteiger partial charge in [-0.3, -0.25) is 0 Å². The van der Waals surface area contributed by atoms with Crippen molar-refractivity contribution >= 4 is 16.0 Å². The van der Waals surface area contributed by atoms with E-state index < -0.39 is 16.0 Å². The van der Waals surface area contributed by atoms with Gasteiger partial charge in [0.05, 0.1) is 17.6 Å². The van der Waals surface area contributed by atoms with Crippen molar-refractivity contribution in [1.29, 1.82) is 0 Å². The first-order valence-electron chi connectivity index (χ1n) is 5.30. The van der Waals surface area contributed by atoms with Crippen LogP contribution in [0.15, 0.2) is 29.2 Å². The number of carbonyl (C=O) groups is 1. The third kappa shape index (κ3) is 3.80. The Kier molecular flexibility index (Phi) is 4.83. The summed E-state index contributed by atoms with van der Waals surface area (Å²) in [5.41, 5.74) is 5.77. The number of nitrogens with two attached hydrogens (primary N) is 1. The van der Waals surface area contributed by atoms with Gasteiger partial charge in [0.1, 0.15) is 0 Å². The van der Waals surface area contributed by atoms with Gasteiger partial charge < -0.3 is 10.5 Å². The maximum Gasteiger partial charge on any atom is 0.337 e. The quantitative estimate of drug-likeness (QED) is 0.741. The number of nitrogens with one attached hydrogen (secondary N) is 1. The molecule has 0 radical (unpaired) electrons. The molecule has 0 aliphatic heterocycles. The normalized spacial score (nSPS) is 13.1.